The van der Waals surface area contributed by atoms with Crippen LogP contribution in [0.15, 0.2) is 59.5 Å². The van der Waals surface area contributed by atoms with Crippen LogP contribution in [0.3, 0.4) is 0 Å². The lowest BCUT2D eigenvalue weighted by molar-refractivity contribution is -0.144. The summed E-state index contributed by atoms with van der Waals surface area (Å²) in [5.41, 5.74) is 1.63. The first-order valence-corrected chi connectivity index (χ1v) is 9.91. The fourth-order valence-corrected chi connectivity index (χ4v) is 4.19. The molecule has 1 saturated heterocycles. The van der Waals surface area contributed by atoms with Gasteiger partial charge in [0, 0.05) is 5.56 Å². The molecule has 0 radical (unpaired) electrons. The van der Waals surface area contributed by atoms with E-state index in [4.69, 9.17) is 22.1 Å². The van der Waals surface area contributed by atoms with Gasteiger partial charge in [-0.1, -0.05) is 72.5 Å². The number of benzene rings is 2. The largest absolute Gasteiger partial charge is 0.479 e. The van der Waals surface area contributed by atoms with E-state index in [-0.39, 0.29) is 11.9 Å². The van der Waals surface area contributed by atoms with Crippen LogP contribution in [0.1, 0.15) is 31.0 Å². The number of aliphatic carboxylic acids is 1. The molecule has 0 bridgehead atoms. The van der Waals surface area contributed by atoms with Gasteiger partial charge in [0.05, 0.1) is 10.9 Å². The molecule has 0 saturated carbocycles. The quantitative estimate of drug-likeness (QED) is 0.556. The normalized spacial score (nSPS) is 17.6. The Balaban J connectivity index is 1.88. The summed E-state index contributed by atoms with van der Waals surface area (Å²) in [4.78, 5) is 26.2. The summed E-state index contributed by atoms with van der Waals surface area (Å²) in [5.74, 6) is -0.830. The van der Waals surface area contributed by atoms with E-state index >= 15 is 0 Å². The third kappa shape index (κ3) is 4.26. The molecule has 1 aliphatic rings. The number of carboxylic acids is 1. The van der Waals surface area contributed by atoms with Crippen LogP contribution in [0.5, 0.6) is 5.75 Å². The Morgan fingerprint density at radius 3 is 2.46 bits per heavy atom. The van der Waals surface area contributed by atoms with Crippen LogP contribution >= 0.6 is 24.0 Å². The highest BCUT2D eigenvalue weighted by Crippen LogP contribution is 2.38. The van der Waals surface area contributed by atoms with E-state index in [9.17, 15) is 9.59 Å². The van der Waals surface area contributed by atoms with Crippen molar-refractivity contribution in [2.75, 3.05) is 0 Å². The zero-order valence-electron chi connectivity index (χ0n) is 15.4. The van der Waals surface area contributed by atoms with Crippen molar-refractivity contribution in [1.29, 1.82) is 0 Å². The number of hydrogen-bond donors (Lipinski definition) is 1. The lowest BCUT2D eigenvalue weighted by atomic mass is 10.1. The molecule has 5 nitrogen and oxygen atoms in total. The van der Waals surface area contributed by atoms with Gasteiger partial charge in [0.15, 0.2) is 6.10 Å². The van der Waals surface area contributed by atoms with Crippen LogP contribution in [0, 0.1) is 0 Å². The van der Waals surface area contributed by atoms with Crippen LogP contribution in [0.2, 0.25) is 0 Å². The van der Waals surface area contributed by atoms with Gasteiger partial charge in [-0.2, -0.15) is 0 Å². The Hall–Kier alpha value is -2.64. The van der Waals surface area contributed by atoms with E-state index < -0.39 is 12.1 Å². The zero-order valence-corrected chi connectivity index (χ0v) is 17.0. The third-order valence-electron chi connectivity index (χ3n) is 4.35. The highest BCUT2D eigenvalue weighted by atomic mass is 32.2. The zero-order chi connectivity index (χ0) is 20.3. The number of carbonyl (C=O) groups is 2. The van der Waals surface area contributed by atoms with Gasteiger partial charge in [-0.05, 0) is 31.6 Å². The minimum Gasteiger partial charge on any atom is -0.479 e. The molecule has 0 aliphatic carbocycles. The molecule has 1 aliphatic heterocycles. The molecule has 2 unspecified atom stereocenters. The standard InChI is InChI=1S/C21H19NO4S2/c1-13(15-8-4-3-5-9-15)22-19(23)18(28-21(22)27)12-16-10-6-7-11-17(16)26-14(2)20(24)25/h3-14H,1-2H3,(H,24,25)/b18-12+. The Morgan fingerprint density at radius 2 is 1.79 bits per heavy atom. The smallest absolute Gasteiger partial charge is 0.344 e. The number of hydrogen-bond acceptors (Lipinski definition) is 5. The van der Waals surface area contributed by atoms with Gasteiger partial charge >= 0.3 is 5.97 Å². The first-order chi connectivity index (χ1) is 13.4. The molecule has 0 aromatic heterocycles. The molecule has 2 aromatic rings. The highest BCUT2D eigenvalue weighted by molar-refractivity contribution is 8.26. The second-order valence-corrected chi connectivity index (χ2v) is 7.95. The summed E-state index contributed by atoms with van der Waals surface area (Å²) in [6.45, 7) is 3.40. The van der Waals surface area contributed by atoms with Gasteiger partial charge in [0.25, 0.3) is 5.91 Å². The number of thiocarbonyl (C=S) groups is 1. The van der Waals surface area contributed by atoms with Crippen molar-refractivity contribution in [3.8, 4) is 5.75 Å². The van der Waals surface area contributed by atoms with Crippen molar-refractivity contribution in [3.05, 3.63) is 70.6 Å². The Morgan fingerprint density at radius 1 is 1.14 bits per heavy atom. The van der Waals surface area contributed by atoms with E-state index in [1.807, 2.05) is 37.3 Å². The Bertz CT molecular complexity index is 942. The minimum atomic E-state index is -1.06. The molecule has 3 rings (SSSR count). The van der Waals surface area contributed by atoms with Crippen LogP contribution in [-0.4, -0.2) is 32.3 Å². The van der Waals surface area contributed by atoms with Gasteiger partial charge in [0.2, 0.25) is 0 Å². The number of amides is 1. The van der Waals surface area contributed by atoms with Gasteiger partial charge in [-0.3, -0.25) is 9.69 Å². The summed E-state index contributed by atoms with van der Waals surface area (Å²) in [7, 11) is 0. The highest BCUT2D eigenvalue weighted by Gasteiger charge is 2.36. The van der Waals surface area contributed by atoms with E-state index in [1.54, 1.807) is 35.2 Å². The second-order valence-electron chi connectivity index (χ2n) is 6.27. The van der Waals surface area contributed by atoms with Crippen LogP contribution in [0.4, 0.5) is 0 Å². The second kappa shape index (κ2) is 8.58. The lowest BCUT2D eigenvalue weighted by Gasteiger charge is -2.23. The maximum absolute atomic E-state index is 13.0. The first-order valence-electron chi connectivity index (χ1n) is 8.69. The molecular weight excluding hydrogens is 394 g/mol. The molecule has 1 heterocycles. The van der Waals surface area contributed by atoms with E-state index in [0.717, 1.165) is 5.56 Å². The van der Waals surface area contributed by atoms with Crippen LogP contribution < -0.4 is 4.74 Å². The van der Waals surface area contributed by atoms with Crippen LogP contribution in [-0.2, 0) is 9.59 Å². The fourth-order valence-electron chi connectivity index (χ4n) is 2.78. The molecule has 1 fully saturated rings. The maximum atomic E-state index is 13.0. The van der Waals surface area contributed by atoms with E-state index in [2.05, 4.69) is 0 Å². The van der Waals surface area contributed by atoms with Gasteiger partial charge in [-0.25, -0.2) is 4.79 Å². The van der Waals surface area contributed by atoms with Gasteiger partial charge in [-0.15, -0.1) is 0 Å². The molecular formula is C21H19NO4S2. The van der Waals surface area contributed by atoms with E-state index in [1.165, 1.54) is 18.7 Å². The number of para-hydroxylation sites is 1. The average Bonchev–Trinajstić information content (AvgIpc) is 2.96. The molecule has 7 heteroatoms. The summed E-state index contributed by atoms with van der Waals surface area (Å²) in [5, 5.41) is 9.08. The van der Waals surface area contributed by atoms with Crippen molar-refractivity contribution in [1.82, 2.24) is 4.90 Å². The topological polar surface area (TPSA) is 66.8 Å². The van der Waals surface area contributed by atoms with Crippen molar-refractivity contribution in [3.63, 3.8) is 0 Å². The van der Waals surface area contributed by atoms with Crippen molar-refractivity contribution in [2.45, 2.75) is 26.0 Å². The van der Waals surface area contributed by atoms with Crippen LogP contribution in [0.25, 0.3) is 6.08 Å². The Labute approximate surface area is 173 Å². The predicted octanol–water partition coefficient (Wildman–Crippen LogP) is 4.50. The summed E-state index contributed by atoms with van der Waals surface area (Å²) >= 11 is 6.67. The van der Waals surface area contributed by atoms with Crippen molar-refractivity contribution < 1.29 is 19.4 Å². The summed E-state index contributed by atoms with van der Waals surface area (Å²) in [6, 6.07) is 16.5. The van der Waals surface area contributed by atoms with E-state index in [0.29, 0.717) is 20.5 Å². The molecule has 1 amide bonds. The molecule has 144 valence electrons. The predicted molar refractivity (Wildman–Crippen MR) is 114 cm³/mol. The number of rotatable bonds is 6. The monoisotopic (exact) mass is 413 g/mol. The molecule has 2 atom stereocenters. The fraction of sp³-hybridized carbons (Fsp3) is 0.190. The molecule has 2 aromatic carbocycles. The SMILES string of the molecule is CC(Oc1ccccc1/C=C1/SC(=S)N(C(C)c2ccccc2)C1=O)C(=O)O. The van der Waals surface area contributed by atoms with Gasteiger partial charge in [0.1, 0.15) is 10.1 Å². The summed E-state index contributed by atoms with van der Waals surface area (Å²) in [6.07, 6.45) is 0.697. The number of nitrogens with zero attached hydrogens (tertiary/aromatic N) is 1. The number of carboxylic acid groups (broad SMARTS) is 1. The minimum absolute atomic E-state index is 0.174. The van der Waals surface area contributed by atoms with Crippen molar-refractivity contribution >= 4 is 46.3 Å². The van der Waals surface area contributed by atoms with Crippen molar-refractivity contribution in [2.24, 2.45) is 0 Å². The number of ether oxygens (including phenoxy) is 1. The van der Waals surface area contributed by atoms with Gasteiger partial charge < -0.3 is 9.84 Å². The third-order valence-corrected chi connectivity index (χ3v) is 5.68. The number of thioether (sulfide) groups is 1. The first kappa shape index (κ1) is 20.1. The Kier molecular flexibility index (Phi) is 6.16. The molecule has 0 spiro atoms. The molecule has 1 N–H and O–H groups in total. The maximum Gasteiger partial charge on any atom is 0.344 e. The molecule has 28 heavy (non-hydrogen) atoms. The number of carbonyl (C=O) groups excluding carboxylic acids is 1. The average molecular weight is 414 g/mol. The lowest BCUT2D eigenvalue weighted by Crippen LogP contribution is -2.30. The summed E-state index contributed by atoms with van der Waals surface area (Å²) < 4.78 is 6.00.